The van der Waals surface area contributed by atoms with Crippen LogP contribution in [-0.4, -0.2) is 163 Å². The SMILES string of the molecule is Brc1ccc(C2CC23CCNCC3)cc1.CC(=O)N1CCC2(CC1)CC2c1ccc(Br)cc1.CC(=O)O.COc1ccc(C(=O)O)cc1-c1ccc([C@@H]2CC23CCN(C(C)=O)CC3)cc1.COc1ccc(C(=O)O)cc1-c1ccc([C@H]2CC23CCN(C(C)=O)CC3)cc1.COc1ccc(C(=O)O)cc1O[B]O. The van der Waals surface area contributed by atoms with Gasteiger partial charge in [-0.15, -0.1) is 0 Å². The third-order valence-electron chi connectivity index (χ3n) is 23.2. The standard InChI is InChI=1S/2C23H25NO4.C15H18BrNO.C13H16BrN.C8H8BO5.C2H4O2/c2*1-15(25)24-11-9-23(10-12-24)14-20(23)17-5-3-16(4-6-17)19-13-18(22(26)27)7-8-21(19)28-2;1-11(18)17-8-6-15(7-9-17)10-14(15)12-2-4-13(16)5-3-12;14-11-3-1-10(2-4-11)12-9-13(12)5-7-15-8-6-13;1-13-6-3-2-5(8(10)11)4-7(6)14-9-12;1-2(3)4/h2*3-8,13,20H,9-12,14H2,1-2H3,(H,26,27);2-5,14H,6-10H2,1H3;1-4,12,15H,5-9H2;2-4,12H,1H3,(H,10,11);1H3,(H,3,4)/t2*20-;;;;/m10..../s1. The number of aromatic carboxylic acids is 3. The van der Waals surface area contributed by atoms with Gasteiger partial charge in [-0.25, -0.2) is 14.4 Å². The van der Waals surface area contributed by atoms with Crippen LogP contribution in [-0.2, 0) is 19.2 Å². The minimum absolute atomic E-state index is 0.0580. The summed E-state index contributed by atoms with van der Waals surface area (Å²) in [5.41, 5.74) is 11.6. The van der Waals surface area contributed by atoms with Crippen LogP contribution in [0.2, 0.25) is 0 Å². The number of nitrogens with one attached hydrogen (secondary N) is 1. The molecule has 15 rings (SSSR count). The van der Waals surface area contributed by atoms with E-state index in [1.165, 1.54) is 111 Å². The molecule has 3 amide bonds. The van der Waals surface area contributed by atoms with Crippen LogP contribution in [0.5, 0.6) is 23.0 Å². The van der Waals surface area contributed by atoms with Gasteiger partial charge in [-0.2, -0.15) is 0 Å². The highest BCUT2D eigenvalue weighted by atomic mass is 79.9. The summed E-state index contributed by atoms with van der Waals surface area (Å²) in [6.45, 7) is 13.8. The van der Waals surface area contributed by atoms with Crippen LogP contribution < -0.4 is 24.2 Å². The Kier molecular flexibility index (Phi) is 26.6. The van der Waals surface area contributed by atoms with Crippen molar-refractivity contribution < 1.29 is 77.9 Å². The van der Waals surface area contributed by atoms with Gasteiger partial charge in [0.25, 0.3) is 5.97 Å². The summed E-state index contributed by atoms with van der Waals surface area (Å²) in [5, 5.41) is 46.5. The van der Waals surface area contributed by atoms with Gasteiger partial charge in [0.1, 0.15) is 17.2 Å². The summed E-state index contributed by atoms with van der Waals surface area (Å²) in [7, 11) is 5.06. The number of halogens is 2. The maximum absolute atomic E-state index is 11.6. The molecule has 0 bridgehead atoms. The van der Waals surface area contributed by atoms with Gasteiger partial charge in [-0.3, -0.25) is 19.2 Å². The normalized spacial score (nSPS) is 20.1. The van der Waals surface area contributed by atoms with E-state index in [9.17, 15) is 39.0 Å². The van der Waals surface area contributed by atoms with Crippen LogP contribution in [0.15, 0.2) is 161 Å². The maximum atomic E-state index is 11.6. The fraction of sp³-hybridized carbons (Fsp3) is 0.417. The average molecular weight is 1590 g/mol. The minimum atomic E-state index is -1.07. The summed E-state index contributed by atoms with van der Waals surface area (Å²) >= 11 is 6.97. The Labute approximate surface area is 643 Å². The van der Waals surface area contributed by atoms with Gasteiger partial charge in [0, 0.05) is 87.0 Å². The van der Waals surface area contributed by atoms with Crippen molar-refractivity contribution in [2.24, 2.45) is 21.7 Å². The van der Waals surface area contributed by atoms with Crippen molar-refractivity contribution in [3.63, 3.8) is 0 Å². The number of carboxylic acids is 4. The Hall–Kier alpha value is -9.03. The van der Waals surface area contributed by atoms with Crippen molar-refractivity contribution in [3.05, 3.63) is 200 Å². The molecule has 7 aromatic carbocycles. The summed E-state index contributed by atoms with van der Waals surface area (Å²) in [6, 6.07) is 48.4. The minimum Gasteiger partial charge on any atom is -0.535 e. The van der Waals surface area contributed by atoms with Crippen molar-refractivity contribution in [2.45, 2.75) is 128 Å². The number of hydrogen-bond donors (Lipinski definition) is 6. The molecule has 0 aromatic heterocycles. The highest BCUT2D eigenvalue weighted by molar-refractivity contribution is 9.10. The highest BCUT2D eigenvalue weighted by Crippen LogP contribution is 2.68. The number of carbonyl (C=O) groups is 7. The molecule has 4 saturated carbocycles. The second kappa shape index (κ2) is 35.3. The summed E-state index contributed by atoms with van der Waals surface area (Å²) < 4.78 is 22.7. The van der Waals surface area contributed by atoms with Gasteiger partial charge in [0.05, 0.1) is 38.0 Å². The Balaban J connectivity index is 0.000000145. The molecule has 565 valence electrons. The van der Waals surface area contributed by atoms with Crippen molar-refractivity contribution in [1.82, 2.24) is 20.0 Å². The van der Waals surface area contributed by atoms with Crippen LogP contribution in [0, 0.1) is 21.7 Å². The number of aliphatic carboxylic acids is 1. The van der Waals surface area contributed by atoms with E-state index < -0.39 is 23.9 Å². The Morgan fingerprint density at radius 1 is 0.393 bits per heavy atom. The number of rotatable bonds is 14. The number of amides is 3. The van der Waals surface area contributed by atoms with Crippen LogP contribution in [0.4, 0.5) is 0 Å². The molecular weight excluding hydrogens is 1490 g/mol. The molecule has 4 aliphatic carbocycles. The molecule has 6 N–H and O–H groups in total. The fourth-order valence-electron chi connectivity index (χ4n) is 16.5. The zero-order valence-electron chi connectivity index (χ0n) is 61.8. The third-order valence-corrected chi connectivity index (χ3v) is 24.3. The quantitative estimate of drug-likeness (QED) is 0.0552. The van der Waals surface area contributed by atoms with E-state index >= 15 is 0 Å². The van der Waals surface area contributed by atoms with Gasteiger partial charge >= 0.3 is 25.6 Å². The number of ether oxygens (including phenoxy) is 3. The Bertz CT molecular complexity index is 4140. The highest BCUT2D eigenvalue weighted by Gasteiger charge is 2.58. The van der Waals surface area contributed by atoms with Gasteiger partial charge in [-0.1, -0.05) is 105 Å². The van der Waals surface area contributed by atoms with Gasteiger partial charge < -0.3 is 64.3 Å². The first kappa shape index (κ1) is 80.5. The lowest BCUT2D eigenvalue weighted by atomic mass is 9.88. The number of benzene rings is 7. The molecule has 4 spiro atoms. The zero-order chi connectivity index (χ0) is 77.0. The van der Waals surface area contributed by atoms with E-state index in [1.807, 2.05) is 14.7 Å². The number of likely N-dealkylation sites (tertiary alicyclic amines) is 3. The van der Waals surface area contributed by atoms with Crippen LogP contribution >= 0.6 is 31.9 Å². The Morgan fingerprint density at radius 2 is 0.664 bits per heavy atom. The van der Waals surface area contributed by atoms with Crippen molar-refractivity contribution in [3.8, 4) is 45.3 Å². The molecule has 20 nitrogen and oxygen atoms in total. The first-order valence-electron chi connectivity index (χ1n) is 36.4. The summed E-state index contributed by atoms with van der Waals surface area (Å²) in [5.74, 6) is 1.28. The summed E-state index contributed by atoms with van der Waals surface area (Å²) in [6.07, 6.45) is 14.5. The maximum Gasteiger partial charge on any atom is 0.569 e. The number of piperidine rings is 4. The molecule has 1 radical (unpaired) electrons. The third kappa shape index (κ3) is 20.0. The molecule has 23 heteroatoms. The Morgan fingerprint density at radius 3 is 0.935 bits per heavy atom. The van der Waals surface area contributed by atoms with E-state index in [2.05, 4.69) is 139 Å². The van der Waals surface area contributed by atoms with Crippen LogP contribution in [0.1, 0.15) is 182 Å². The molecule has 2 unspecified atom stereocenters. The lowest BCUT2D eigenvalue weighted by Gasteiger charge is -2.32. The molecule has 107 heavy (non-hydrogen) atoms. The fourth-order valence-corrected chi connectivity index (χ4v) is 17.0. The topological polar surface area (TPSA) is 279 Å². The van der Waals surface area contributed by atoms with Crippen LogP contribution in [0.3, 0.4) is 0 Å². The molecular formula is C84H96BBr2N4O16. The molecule has 4 saturated heterocycles. The first-order chi connectivity index (χ1) is 51.2. The second-order valence-electron chi connectivity index (χ2n) is 29.4. The monoisotopic (exact) mass is 1590 g/mol. The molecule has 7 aromatic rings. The molecule has 4 aliphatic heterocycles. The van der Waals surface area contributed by atoms with Gasteiger partial charge in [0.2, 0.25) is 17.7 Å². The molecule has 4 atom stereocenters. The van der Waals surface area contributed by atoms with Gasteiger partial charge in [0.15, 0.2) is 5.75 Å². The molecule has 4 heterocycles. The predicted octanol–water partition coefficient (Wildman–Crippen LogP) is 15.6. The number of nitrogens with zero attached hydrogens (tertiary/aromatic N) is 3. The smallest absolute Gasteiger partial charge is 0.535 e. The van der Waals surface area contributed by atoms with E-state index in [0.29, 0.717) is 58.4 Å². The van der Waals surface area contributed by atoms with Gasteiger partial charge in [-0.05, 0) is 248 Å². The number of hydrogen-bond acceptors (Lipinski definition) is 13. The van der Waals surface area contributed by atoms with Crippen molar-refractivity contribution >= 4 is 81.1 Å². The molecule has 8 fully saturated rings. The lowest BCUT2D eigenvalue weighted by Crippen LogP contribution is -2.38. The second-order valence-corrected chi connectivity index (χ2v) is 31.3. The number of methoxy groups -OCH3 is 3. The van der Waals surface area contributed by atoms with E-state index in [4.69, 9.17) is 34.2 Å². The van der Waals surface area contributed by atoms with E-state index in [1.54, 1.807) is 77.0 Å². The first-order valence-corrected chi connectivity index (χ1v) is 38.0. The average Bonchev–Trinajstić information content (AvgIpc) is 1.60. The van der Waals surface area contributed by atoms with Crippen molar-refractivity contribution in [2.75, 3.05) is 73.7 Å². The van der Waals surface area contributed by atoms with Crippen LogP contribution in [0.25, 0.3) is 22.3 Å². The van der Waals surface area contributed by atoms with E-state index in [0.717, 1.165) is 110 Å². The summed E-state index contributed by atoms with van der Waals surface area (Å²) in [4.78, 5) is 82.5. The number of carbonyl (C=O) groups excluding carboxylic acids is 3. The predicted molar refractivity (Wildman–Crippen MR) is 417 cm³/mol. The zero-order valence-corrected chi connectivity index (χ0v) is 65.0. The largest absolute Gasteiger partial charge is 0.569 e. The lowest BCUT2D eigenvalue weighted by molar-refractivity contribution is -0.134. The molecule has 8 aliphatic rings. The van der Waals surface area contributed by atoms with E-state index in [-0.39, 0.29) is 40.2 Å². The van der Waals surface area contributed by atoms with Crippen molar-refractivity contribution in [1.29, 1.82) is 0 Å². The number of carboxylic acid groups (broad SMARTS) is 4.